The molecule has 5 fully saturated rings. The van der Waals surface area contributed by atoms with Crippen LogP contribution in [-0.2, 0) is 108 Å². The first kappa shape index (κ1) is 145. The van der Waals surface area contributed by atoms with Crippen molar-refractivity contribution in [3.63, 3.8) is 0 Å². The fraction of sp³-hybridized carbons (Fsp3) is 0.510. The van der Waals surface area contributed by atoms with Crippen LogP contribution in [0.4, 0.5) is 39.8 Å². The number of hydrogen-bond donors (Lipinski definition) is 5. The molecule has 0 bridgehead atoms. The van der Waals surface area contributed by atoms with Crippen LogP contribution >= 0.6 is 12.4 Å². The van der Waals surface area contributed by atoms with Crippen molar-refractivity contribution in [1.29, 1.82) is 0 Å². The van der Waals surface area contributed by atoms with Crippen molar-refractivity contribution in [3.8, 4) is 0 Å². The molecule has 12 rings (SSSR count). The summed E-state index contributed by atoms with van der Waals surface area (Å²) in [4.78, 5) is 145. The second-order valence-corrected chi connectivity index (χ2v) is 35.2. The van der Waals surface area contributed by atoms with Crippen LogP contribution in [0, 0.1) is 60.7 Å². The Morgan fingerprint density at radius 3 is 0.918 bits per heavy atom. The van der Waals surface area contributed by atoms with E-state index in [-0.39, 0.29) is 161 Å². The first-order valence-electron chi connectivity index (χ1n) is 45.9. The molecule has 0 aromatic heterocycles. The Balaban J connectivity index is -0.000000377. The molecule has 5 heterocycles. The van der Waals surface area contributed by atoms with Crippen LogP contribution < -0.4 is 70.2 Å². The standard InChI is InChI=1S/C15H22N2O3.C15H24N2O.C11H13NO4.C11H13NO3.C10H11NO4.C10H13NO3.C9H9NO4.C4H9NO.C4H6O4.2C4H8O.C2H3BO2.CH4O.B.ClH.2Na.H/c1-15(2,7-8-16-9-11-20-12-10-16)13-3-5-14(6-4-13)17(18)19;1-15(2,13-3-5-14(16)6-4-13)7-8-17-9-11-18-12-10-17;1-11(2,10(13)16-3)8-4-6-9(7-5-8)12(14)15;1-11(2,7-8-13)9-3-5-10(6-4-9)12(14)15;1-7(10(12)15-2)8-3-5-9(6-4-8)11(13)14;1-10(2,7-12)8-3-5-9(6-4-8)11(13)14;1-6(9(11)12)7-2-4-8(5-3-7)10(13)14;1-3-6-4-2-5-1;1-3(5)7-8-4(2)6;2*1-2-4-5-3-1;1-2(4)5-3;1-2;;;;;/h3-6H,7-12H2,1-2H3;3-6H,7-12,16H2,1-2H3;4-7H,1-3H3;3-6,8H,7H2,1-2H3;3-7H,1-2H3;3-6,12H,7H2,1-2H3;2-6H,1H3,(H,11,12);5H,1-4H2;1-2H3;2*1-4H2;1H3;2H,1H3;;1H;;;/q;;;;;;;;;;;-1;;;;2*+1;-1. The number of nitro benzene ring substituents is 6. The Hall–Kier alpha value is -10.8. The molecule has 5 saturated heterocycles. The van der Waals surface area contributed by atoms with Crippen LogP contribution in [0.3, 0.4) is 0 Å². The molecule has 147 heavy (non-hydrogen) atoms. The van der Waals surface area contributed by atoms with E-state index in [4.69, 9.17) is 44.7 Å². The number of carboxylic acids is 1. The summed E-state index contributed by atoms with van der Waals surface area (Å²) < 4.78 is 38.5. The van der Waals surface area contributed by atoms with Gasteiger partial charge in [-0.3, -0.25) is 89.7 Å². The van der Waals surface area contributed by atoms with Gasteiger partial charge in [0.15, 0.2) is 0 Å². The maximum absolute atomic E-state index is 11.5. The van der Waals surface area contributed by atoms with E-state index in [1.807, 2.05) is 52.0 Å². The topological polar surface area (TPSA) is 576 Å². The quantitative estimate of drug-likeness (QED) is 0.00676. The van der Waals surface area contributed by atoms with Crippen molar-refractivity contribution in [3.05, 3.63) is 269 Å². The Morgan fingerprint density at radius 2 is 0.694 bits per heavy atom. The summed E-state index contributed by atoms with van der Waals surface area (Å²) in [6.45, 7) is 44.3. The zero-order valence-electron chi connectivity index (χ0n) is 89.2. The number of aliphatic hydroxyl groups excluding tert-OH is 2. The Labute approximate surface area is 915 Å². The molecular weight excluding hydrogens is 1960 g/mol. The average molecular weight is 2100 g/mol. The number of benzene rings is 7. The van der Waals surface area contributed by atoms with Crippen molar-refractivity contribution < 1.29 is 187 Å². The maximum Gasteiger partial charge on any atom is 1.00 e. The number of rotatable bonds is 25. The van der Waals surface area contributed by atoms with Crippen LogP contribution in [0.1, 0.15) is 201 Å². The third kappa shape index (κ3) is 61.7. The van der Waals surface area contributed by atoms with Gasteiger partial charge in [-0.05, 0) is 147 Å². The van der Waals surface area contributed by atoms with Gasteiger partial charge < -0.3 is 78.5 Å². The number of nitrogens with zero attached hydrogens (tertiary/aromatic N) is 8. The normalized spacial score (nSPS) is 13.6. The number of ether oxygens (including phenoxy) is 7. The number of carbonyl (C=O) groups excluding carboxylic acids is 6. The molecule has 6 N–H and O–H groups in total. The van der Waals surface area contributed by atoms with Gasteiger partial charge in [-0.1, -0.05) is 140 Å². The molecule has 0 aliphatic carbocycles. The Kier molecular flexibility index (Phi) is 78.1. The van der Waals surface area contributed by atoms with Gasteiger partial charge in [-0.25, -0.2) is 19.4 Å². The second kappa shape index (κ2) is 79.4. The molecule has 2 atom stereocenters. The van der Waals surface area contributed by atoms with Gasteiger partial charge in [-0.2, -0.15) is 0 Å². The van der Waals surface area contributed by atoms with Crippen LogP contribution in [0.15, 0.2) is 170 Å². The van der Waals surface area contributed by atoms with Gasteiger partial charge >= 0.3 is 89.0 Å². The zero-order valence-corrected chi connectivity index (χ0v) is 93.0. The molecule has 6 radical (unpaired) electrons. The molecule has 0 amide bonds. The minimum Gasteiger partial charge on any atom is -1.00 e. The minimum atomic E-state index is -0.946. The number of morpholine rings is 3. The molecule has 7 aromatic rings. The molecular formula is C100H145B2ClN10Na2O32. The van der Waals surface area contributed by atoms with Gasteiger partial charge in [0.2, 0.25) is 5.97 Å². The second-order valence-electron chi connectivity index (χ2n) is 35.2. The first-order chi connectivity index (χ1) is 67.4. The third-order valence-electron chi connectivity index (χ3n) is 22.1. The van der Waals surface area contributed by atoms with Crippen molar-refractivity contribution in [1.82, 2.24) is 15.1 Å². The fourth-order valence-electron chi connectivity index (χ4n) is 12.5. The van der Waals surface area contributed by atoms with Gasteiger partial charge in [0.1, 0.15) is 6.29 Å². The molecule has 47 heteroatoms. The number of aliphatic carboxylic acids is 1. The van der Waals surface area contributed by atoms with E-state index < -0.39 is 65.7 Å². The summed E-state index contributed by atoms with van der Waals surface area (Å²) in [6.07, 6.45) is 8.58. The van der Waals surface area contributed by atoms with Crippen molar-refractivity contribution >= 4 is 111 Å². The molecule has 42 nitrogen and oxygen atoms in total. The van der Waals surface area contributed by atoms with Crippen molar-refractivity contribution in [2.24, 2.45) is 0 Å². The number of halogens is 1. The van der Waals surface area contributed by atoms with Crippen LogP contribution in [0.5, 0.6) is 0 Å². The van der Waals surface area contributed by atoms with Crippen LogP contribution in [-0.4, -0.2) is 260 Å². The number of esters is 2. The van der Waals surface area contributed by atoms with Gasteiger partial charge in [0.25, 0.3) is 34.1 Å². The number of nitrogens with two attached hydrogens (primary N) is 1. The summed E-state index contributed by atoms with van der Waals surface area (Å²) in [5.74, 6) is -4.47. The van der Waals surface area contributed by atoms with Gasteiger partial charge in [0.05, 0.1) is 107 Å². The molecule has 2 unspecified atom stereocenters. The molecule has 5 aliphatic heterocycles. The fourth-order valence-corrected chi connectivity index (χ4v) is 12.5. The summed E-state index contributed by atoms with van der Waals surface area (Å²) in [5.41, 5.74) is 11.9. The van der Waals surface area contributed by atoms with E-state index in [9.17, 15) is 94.2 Å². The first-order valence-corrected chi connectivity index (χ1v) is 45.9. The van der Waals surface area contributed by atoms with E-state index in [2.05, 4.69) is 86.9 Å². The van der Waals surface area contributed by atoms with Crippen molar-refractivity contribution in [2.45, 2.75) is 188 Å². The number of hydrogen-bond acceptors (Lipinski definition) is 35. The van der Waals surface area contributed by atoms with E-state index in [0.29, 0.717) is 23.1 Å². The SMILES string of the molecule is C1CCOC1.C1CCOC1.C1COCCN1.CC(=O)OOC(C)=O.CC(C(=O)O)c1ccc([N+](=O)[O-])cc1.CC(C)(CC=O)c1ccc([N+](=O)[O-])cc1.CC(C)(CCN1CCOCC1)c1ccc(N)cc1.CC(C)(CCN1CCOCC1)c1ccc([N+](=O)[O-])cc1.CC(C)(CO)c1ccc([N+](=O)[O-])cc1.CO.COC(=O)C(C)(C)c1ccc([N+](=O)[O-])cc1.COC(=O)C(C)c1ccc([N+](=O)[O-])cc1.Cl.[B-]OC(C)=O.[B].[H-].[Na+].[Na+]. The van der Waals surface area contributed by atoms with Crippen LogP contribution in [0.2, 0.25) is 0 Å². The summed E-state index contributed by atoms with van der Waals surface area (Å²) in [7, 11) is 7.95. The number of aliphatic hydroxyl groups is 2. The largest absolute Gasteiger partial charge is 1.00 e. The number of nitro groups is 6. The number of anilines is 1. The van der Waals surface area contributed by atoms with Gasteiger partial charge in [-0.15, -0.1) is 12.4 Å². The summed E-state index contributed by atoms with van der Waals surface area (Å²) >= 11 is 0. The summed E-state index contributed by atoms with van der Waals surface area (Å²) in [6, 6.07) is 45.0. The Bertz CT molecular complexity index is 4890. The van der Waals surface area contributed by atoms with E-state index in [1.165, 1.54) is 132 Å². The molecule has 0 spiro atoms. The van der Waals surface area contributed by atoms with E-state index in [1.54, 1.807) is 81.4 Å². The molecule has 5 aliphatic rings. The smallest absolute Gasteiger partial charge is 1.00 e. The maximum atomic E-state index is 11.5. The average Bonchev–Trinajstić information content (AvgIpc) is 1.32. The predicted molar refractivity (Wildman–Crippen MR) is 552 cm³/mol. The zero-order chi connectivity index (χ0) is 108. The van der Waals surface area contributed by atoms with Crippen LogP contribution in [0.25, 0.3) is 0 Å². The Morgan fingerprint density at radius 1 is 0.435 bits per heavy atom. The predicted octanol–water partition coefficient (Wildman–Crippen LogP) is 9.52. The van der Waals surface area contributed by atoms with Crippen molar-refractivity contribution in [2.75, 3.05) is 152 Å². The number of carbonyl (C=O) groups is 7. The number of aldehydes is 1. The van der Waals surface area contributed by atoms with E-state index >= 15 is 0 Å². The number of carboxylic acid groups (broad SMARTS) is 1. The van der Waals surface area contributed by atoms with E-state index in [0.717, 1.165) is 181 Å². The third-order valence-corrected chi connectivity index (χ3v) is 22.1. The molecule has 7 aromatic carbocycles. The summed E-state index contributed by atoms with van der Waals surface area (Å²) in [5, 5.41) is 90.6. The number of non-ortho nitro benzene ring substituents is 6. The molecule has 0 saturated carbocycles. The number of methoxy groups -OCH3 is 2. The minimum absolute atomic E-state index is 0. The van der Waals surface area contributed by atoms with Gasteiger partial charge in [0, 0.05) is 192 Å². The monoisotopic (exact) mass is 2100 g/mol. The number of nitrogens with one attached hydrogen (secondary N) is 1. The molecule has 802 valence electrons. The number of nitrogen functional groups attached to an aromatic ring is 1.